The maximum atomic E-state index is 12.5. The Bertz CT molecular complexity index is 808. The van der Waals surface area contributed by atoms with Crippen LogP contribution in [-0.4, -0.2) is 60.5 Å². The van der Waals surface area contributed by atoms with Gasteiger partial charge in [0.15, 0.2) is 18.2 Å². The average molecular weight is 407 g/mol. The Balaban J connectivity index is 1.81. The van der Waals surface area contributed by atoms with E-state index >= 15 is 0 Å². The Kier molecular flexibility index (Phi) is 5.78. The number of rotatable bonds is 5. The number of aromatic nitrogens is 1. The summed E-state index contributed by atoms with van der Waals surface area (Å²) in [5.74, 6) is 0.542. The number of nitrogens with zero attached hydrogens (tertiary/aromatic N) is 2. The van der Waals surface area contributed by atoms with Crippen LogP contribution in [-0.2, 0) is 14.3 Å². The molecule has 0 unspecified atom stereocenters. The molecular formula is C18H25N5O6. The van der Waals surface area contributed by atoms with Crippen molar-refractivity contribution in [1.82, 2.24) is 10.3 Å². The second-order valence-corrected chi connectivity index (χ2v) is 7.67. The first-order valence-corrected chi connectivity index (χ1v) is 9.28. The number of amides is 3. The summed E-state index contributed by atoms with van der Waals surface area (Å²) in [6.07, 6.45) is -1.35. The molecule has 0 radical (unpaired) electrons. The van der Waals surface area contributed by atoms with Gasteiger partial charge in [-0.15, -0.1) is 0 Å². The number of nitrogens with one attached hydrogen (secondary N) is 2. The smallest absolute Gasteiger partial charge is 0.416 e. The van der Waals surface area contributed by atoms with Crippen molar-refractivity contribution in [1.29, 1.82) is 0 Å². The maximum Gasteiger partial charge on any atom is 0.416 e. The molecule has 11 nitrogen and oxygen atoms in total. The summed E-state index contributed by atoms with van der Waals surface area (Å²) in [5, 5.41) is 5.26. The Morgan fingerprint density at radius 2 is 2.17 bits per heavy atom. The predicted octanol–water partition coefficient (Wildman–Crippen LogP) is 0.980. The van der Waals surface area contributed by atoms with Crippen LogP contribution in [0.1, 0.15) is 27.2 Å². The fraction of sp³-hybridized carbons (Fsp3) is 0.556. The zero-order valence-corrected chi connectivity index (χ0v) is 16.6. The summed E-state index contributed by atoms with van der Waals surface area (Å²) in [5.41, 5.74) is 4.99. The van der Waals surface area contributed by atoms with Gasteiger partial charge in [-0.2, -0.15) is 0 Å². The number of carbonyl (C=O) groups is 3. The van der Waals surface area contributed by atoms with Crippen molar-refractivity contribution in [2.45, 2.75) is 44.9 Å². The van der Waals surface area contributed by atoms with Crippen molar-refractivity contribution in [2.75, 3.05) is 29.9 Å². The highest BCUT2D eigenvalue weighted by Gasteiger charge is 2.43. The number of nitrogens with two attached hydrogens (primary N) is 1. The van der Waals surface area contributed by atoms with Gasteiger partial charge in [0.2, 0.25) is 0 Å². The molecule has 0 aromatic carbocycles. The van der Waals surface area contributed by atoms with Gasteiger partial charge in [0.25, 0.3) is 5.91 Å². The molecule has 2 atom stereocenters. The second kappa shape index (κ2) is 8.11. The Hall–Kier alpha value is -3.08. The van der Waals surface area contributed by atoms with Crippen LogP contribution in [0.15, 0.2) is 12.1 Å². The minimum Gasteiger partial charge on any atom is -0.480 e. The molecule has 0 spiro atoms. The number of hydrogen-bond acceptors (Lipinski definition) is 8. The van der Waals surface area contributed by atoms with Crippen LogP contribution in [0.4, 0.5) is 21.2 Å². The normalized spacial score (nSPS) is 21.0. The average Bonchev–Trinajstić information content (AvgIpc) is 2.93. The summed E-state index contributed by atoms with van der Waals surface area (Å²) in [4.78, 5) is 41.8. The van der Waals surface area contributed by atoms with E-state index in [2.05, 4.69) is 15.6 Å². The van der Waals surface area contributed by atoms with E-state index in [4.69, 9.17) is 19.9 Å². The Morgan fingerprint density at radius 3 is 2.86 bits per heavy atom. The molecular weight excluding hydrogens is 382 g/mol. The van der Waals surface area contributed by atoms with E-state index in [1.165, 1.54) is 4.90 Å². The third-order valence-corrected chi connectivity index (χ3v) is 4.22. The molecule has 2 aliphatic heterocycles. The van der Waals surface area contributed by atoms with Gasteiger partial charge in [0.1, 0.15) is 17.5 Å². The summed E-state index contributed by atoms with van der Waals surface area (Å²) < 4.78 is 16.0. The molecule has 3 amide bonds. The third kappa shape index (κ3) is 4.86. The number of alkyl carbamates (subject to hydrolysis) is 1. The molecule has 1 aromatic rings. The van der Waals surface area contributed by atoms with Gasteiger partial charge in [-0.3, -0.25) is 9.69 Å². The molecule has 3 heterocycles. The Labute approximate surface area is 167 Å². The third-order valence-electron chi connectivity index (χ3n) is 4.22. The van der Waals surface area contributed by atoms with E-state index < -0.39 is 29.9 Å². The number of ether oxygens (including phenoxy) is 3. The number of hydrogen-bond donors (Lipinski definition) is 3. The first-order chi connectivity index (χ1) is 13.7. The fourth-order valence-electron chi connectivity index (χ4n) is 3.06. The highest BCUT2D eigenvalue weighted by molar-refractivity contribution is 5.95. The lowest BCUT2D eigenvalue weighted by Crippen LogP contribution is -2.47. The van der Waals surface area contributed by atoms with Gasteiger partial charge in [0.05, 0.1) is 6.04 Å². The minimum atomic E-state index is -0.652. The largest absolute Gasteiger partial charge is 0.480 e. The lowest BCUT2D eigenvalue weighted by Gasteiger charge is -2.26. The molecule has 1 fully saturated rings. The van der Waals surface area contributed by atoms with Crippen LogP contribution in [0.5, 0.6) is 5.75 Å². The van der Waals surface area contributed by atoms with Crippen molar-refractivity contribution in [2.24, 2.45) is 5.73 Å². The molecule has 29 heavy (non-hydrogen) atoms. The molecule has 11 heteroatoms. The van der Waals surface area contributed by atoms with Crippen molar-refractivity contribution in [3.05, 3.63) is 12.1 Å². The van der Waals surface area contributed by atoms with Crippen LogP contribution in [0, 0.1) is 0 Å². The van der Waals surface area contributed by atoms with Crippen molar-refractivity contribution in [3.8, 4) is 5.75 Å². The summed E-state index contributed by atoms with van der Waals surface area (Å²) in [7, 11) is 0. The fourth-order valence-corrected chi connectivity index (χ4v) is 3.06. The molecule has 0 aliphatic carbocycles. The standard InChI is InChI=1S/C18H25N5O6/c1-18(2,3)29-16(25)20-8-10-11(6-7-19)28-17(26)23(10)13-5-4-12-15(21-13)22-14(24)9-27-12/h4-5,10-11H,6-9,19H2,1-3H3,(H,20,25)(H,21,22,24)/t10-,11-/m0/s1. The Morgan fingerprint density at radius 1 is 1.41 bits per heavy atom. The molecule has 0 saturated carbocycles. The van der Waals surface area contributed by atoms with E-state index in [-0.39, 0.29) is 30.7 Å². The molecule has 4 N–H and O–H groups in total. The zero-order valence-electron chi connectivity index (χ0n) is 16.6. The van der Waals surface area contributed by atoms with Crippen molar-refractivity contribution < 1.29 is 28.6 Å². The summed E-state index contributed by atoms with van der Waals surface area (Å²) in [6, 6.07) is 2.64. The topological polar surface area (TPSA) is 145 Å². The summed E-state index contributed by atoms with van der Waals surface area (Å²) >= 11 is 0. The van der Waals surface area contributed by atoms with E-state index in [1.54, 1.807) is 32.9 Å². The number of carbonyl (C=O) groups excluding carboxylic acids is 3. The van der Waals surface area contributed by atoms with Crippen LogP contribution in [0.2, 0.25) is 0 Å². The highest BCUT2D eigenvalue weighted by Crippen LogP contribution is 2.32. The monoisotopic (exact) mass is 407 g/mol. The maximum absolute atomic E-state index is 12.5. The summed E-state index contributed by atoms with van der Waals surface area (Å²) in [6.45, 7) is 5.55. The van der Waals surface area contributed by atoms with Gasteiger partial charge in [-0.05, 0) is 45.9 Å². The van der Waals surface area contributed by atoms with Crippen LogP contribution >= 0.6 is 0 Å². The van der Waals surface area contributed by atoms with Crippen LogP contribution in [0.3, 0.4) is 0 Å². The number of cyclic esters (lactones) is 1. The molecule has 1 aromatic heterocycles. The van der Waals surface area contributed by atoms with Gasteiger partial charge in [-0.1, -0.05) is 0 Å². The van der Waals surface area contributed by atoms with Crippen molar-refractivity contribution in [3.63, 3.8) is 0 Å². The number of fused-ring (bicyclic) bond motifs is 1. The first kappa shape index (κ1) is 20.6. The van der Waals surface area contributed by atoms with E-state index in [1.807, 2.05) is 0 Å². The van der Waals surface area contributed by atoms with Gasteiger partial charge in [0, 0.05) is 6.54 Å². The molecule has 3 rings (SSSR count). The van der Waals surface area contributed by atoms with Gasteiger partial charge in [-0.25, -0.2) is 14.6 Å². The van der Waals surface area contributed by atoms with E-state index in [0.29, 0.717) is 18.7 Å². The SMILES string of the molecule is CC(C)(C)OC(=O)NC[C@H]1[C@H](CCN)OC(=O)N1c1ccc2c(n1)NC(=O)CO2. The minimum absolute atomic E-state index is 0.0763. The molecule has 1 saturated heterocycles. The van der Waals surface area contributed by atoms with Crippen LogP contribution in [0.25, 0.3) is 0 Å². The lowest BCUT2D eigenvalue weighted by atomic mass is 10.1. The van der Waals surface area contributed by atoms with Gasteiger partial charge >= 0.3 is 12.2 Å². The number of pyridine rings is 1. The quantitative estimate of drug-likeness (QED) is 0.655. The second-order valence-electron chi connectivity index (χ2n) is 7.67. The number of anilines is 2. The zero-order chi connectivity index (χ0) is 21.2. The molecule has 2 aliphatic rings. The predicted molar refractivity (Wildman–Crippen MR) is 103 cm³/mol. The van der Waals surface area contributed by atoms with E-state index in [9.17, 15) is 14.4 Å². The lowest BCUT2D eigenvalue weighted by molar-refractivity contribution is -0.118. The van der Waals surface area contributed by atoms with Crippen molar-refractivity contribution >= 4 is 29.7 Å². The molecule has 0 bridgehead atoms. The van der Waals surface area contributed by atoms with Crippen LogP contribution < -0.4 is 26.0 Å². The van der Waals surface area contributed by atoms with Gasteiger partial charge < -0.3 is 30.6 Å². The highest BCUT2D eigenvalue weighted by atomic mass is 16.6. The first-order valence-electron chi connectivity index (χ1n) is 9.28. The van der Waals surface area contributed by atoms with E-state index in [0.717, 1.165) is 0 Å². The molecule has 158 valence electrons.